The summed E-state index contributed by atoms with van der Waals surface area (Å²) in [5.74, 6) is 1.06. The summed E-state index contributed by atoms with van der Waals surface area (Å²) in [4.78, 5) is 7.33. The molecule has 5 heteroatoms. The van der Waals surface area contributed by atoms with Gasteiger partial charge in [-0.05, 0) is 42.8 Å². The molecule has 4 nitrogen and oxygen atoms in total. The molecule has 1 aliphatic heterocycles. The number of rotatable bonds is 3. The summed E-state index contributed by atoms with van der Waals surface area (Å²) in [5, 5.41) is 4.23. The number of aromatic nitrogens is 2. The molecule has 0 spiro atoms. The van der Waals surface area contributed by atoms with Crippen molar-refractivity contribution in [3.8, 4) is 0 Å². The van der Waals surface area contributed by atoms with Gasteiger partial charge < -0.3 is 14.8 Å². The van der Waals surface area contributed by atoms with Crippen LogP contribution < -0.4 is 10.2 Å². The van der Waals surface area contributed by atoms with E-state index in [0.717, 1.165) is 55.6 Å². The van der Waals surface area contributed by atoms with Crippen LogP contribution in [0.4, 0.5) is 5.95 Å². The zero-order valence-corrected chi connectivity index (χ0v) is 14.3. The summed E-state index contributed by atoms with van der Waals surface area (Å²) in [6, 6.07) is 16.4. The molecular formula is C19H21ClN4. The van der Waals surface area contributed by atoms with Crippen LogP contribution in [0.3, 0.4) is 0 Å². The van der Waals surface area contributed by atoms with Crippen molar-refractivity contribution in [3.05, 3.63) is 59.1 Å². The first kappa shape index (κ1) is 15.5. The number of hydrogen-bond acceptors (Lipinski definition) is 3. The standard InChI is InChI=1S/C19H21ClN4/c20-16-8-6-15(7-9-16)14-24-18-5-2-1-4-17(18)22-19(24)23-12-3-10-21-11-13-23/h1-2,4-9,21H,3,10-14H2. The molecule has 0 bridgehead atoms. The molecule has 2 aromatic carbocycles. The molecule has 0 unspecified atom stereocenters. The smallest absolute Gasteiger partial charge is 0.206 e. The van der Waals surface area contributed by atoms with Crippen LogP contribution in [0.15, 0.2) is 48.5 Å². The van der Waals surface area contributed by atoms with E-state index in [1.807, 2.05) is 12.1 Å². The molecule has 0 saturated carbocycles. The zero-order valence-electron chi connectivity index (χ0n) is 13.6. The molecule has 1 aromatic heterocycles. The lowest BCUT2D eigenvalue weighted by atomic mass is 10.2. The fraction of sp³-hybridized carbons (Fsp3) is 0.316. The van der Waals surface area contributed by atoms with Gasteiger partial charge in [0.2, 0.25) is 5.95 Å². The Kier molecular flexibility index (Phi) is 4.41. The topological polar surface area (TPSA) is 33.1 Å². The first-order valence-electron chi connectivity index (χ1n) is 8.47. The highest BCUT2D eigenvalue weighted by Gasteiger charge is 2.18. The summed E-state index contributed by atoms with van der Waals surface area (Å²) in [6.45, 7) is 4.91. The molecule has 0 atom stereocenters. The molecule has 0 aliphatic carbocycles. The van der Waals surface area contributed by atoms with Crippen LogP contribution >= 0.6 is 11.6 Å². The van der Waals surface area contributed by atoms with Crippen LogP contribution in [0.1, 0.15) is 12.0 Å². The third-order valence-electron chi connectivity index (χ3n) is 4.51. The Morgan fingerprint density at radius 2 is 1.83 bits per heavy atom. The van der Waals surface area contributed by atoms with E-state index in [1.54, 1.807) is 0 Å². The lowest BCUT2D eigenvalue weighted by molar-refractivity contribution is 0.722. The minimum absolute atomic E-state index is 0.771. The van der Waals surface area contributed by atoms with E-state index in [9.17, 15) is 0 Å². The molecule has 4 rings (SSSR count). The average Bonchev–Trinajstić information content (AvgIpc) is 2.78. The number of nitrogens with one attached hydrogen (secondary N) is 1. The predicted octanol–water partition coefficient (Wildman–Crippen LogP) is 3.54. The Balaban J connectivity index is 1.76. The number of benzene rings is 2. The highest BCUT2D eigenvalue weighted by Crippen LogP contribution is 2.25. The zero-order chi connectivity index (χ0) is 16.4. The fourth-order valence-electron chi connectivity index (χ4n) is 3.28. The normalized spacial score (nSPS) is 15.6. The molecular weight excluding hydrogens is 320 g/mol. The Labute approximate surface area is 147 Å². The quantitative estimate of drug-likeness (QED) is 0.791. The van der Waals surface area contributed by atoms with E-state index in [4.69, 9.17) is 16.6 Å². The predicted molar refractivity (Wildman–Crippen MR) is 100.0 cm³/mol. The first-order chi connectivity index (χ1) is 11.8. The second-order valence-corrected chi connectivity index (χ2v) is 6.64. The van der Waals surface area contributed by atoms with E-state index in [2.05, 4.69) is 51.2 Å². The lowest BCUT2D eigenvalue weighted by Gasteiger charge is -2.22. The van der Waals surface area contributed by atoms with E-state index < -0.39 is 0 Å². The van der Waals surface area contributed by atoms with Crippen molar-refractivity contribution in [1.82, 2.24) is 14.9 Å². The van der Waals surface area contributed by atoms with Crippen molar-refractivity contribution in [2.75, 3.05) is 31.1 Å². The van der Waals surface area contributed by atoms with Gasteiger partial charge in [0.25, 0.3) is 0 Å². The second kappa shape index (κ2) is 6.83. The average molecular weight is 341 g/mol. The van der Waals surface area contributed by atoms with Crippen molar-refractivity contribution in [2.45, 2.75) is 13.0 Å². The van der Waals surface area contributed by atoms with Gasteiger partial charge in [0, 0.05) is 24.7 Å². The second-order valence-electron chi connectivity index (χ2n) is 6.20. The van der Waals surface area contributed by atoms with Gasteiger partial charge in [0.1, 0.15) is 0 Å². The molecule has 24 heavy (non-hydrogen) atoms. The number of fused-ring (bicyclic) bond motifs is 1. The lowest BCUT2D eigenvalue weighted by Crippen LogP contribution is -2.30. The van der Waals surface area contributed by atoms with Crippen LogP contribution in [-0.4, -0.2) is 35.7 Å². The summed E-state index contributed by atoms with van der Waals surface area (Å²) in [7, 11) is 0. The van der Waals surface area contributed by atoms with Crippen LogP contribution in [0.2, 0.25) is 5.02 Å². The Morgan fingerprint density at radius 3 is 2.71 bits per heavy atom. The van der Waals surface area contributed by atoms with Gasteiger partial charge in [0.05, 0.1) is 17.6 Å². The van der Waals surface area contributed by atoms with Gasteiger partial charge in [-0.3, -0.25) is 0 Å². The van der Waals surface area contributed by atoms with E-state index in [0.29, 0.717) is 0 Å². The Hall–Kier alpha value is -2.04. The van der Waals surface area contributed by atoms with Gasteiger partial charge in [-0.2, -0.15) is 0 Å². The Bertz CT molecular complexity index is 817. The number of hydrogen-bond donors (Lipinski definition) is 1. The van der Waals surface area contributed by atoms with Crippen LogP contribution in [0.5, 0.6) is 0 Å². The molecule has 0 amide bonds. The summed E-state index contributed by atoms with van der Waals surface area (Å²) in [6.07, 6.45) is 1.14. The van der Waals surface area contributed by atoms with Crippen LogP contribution in [-0.2, 0) is 6.54 Å². The third kappa shape index (κ3) is 3.12. The van der Waals surface area contributed by atoms with Crippen molar-refractivity contribution in [3.63, 3.8) is 0 Å². The Morgan fingerprint density at radius 1 is 1.00 bits per heavy atom. The summed E-state index contributed by atoms with van der Waals surface area (Å²) in [5.41, 5.74) is 3.47. The highest BCUT2D eigenvalue weighted by atomic mass is 35.5. The molecule has 1 aliphatic rings. The molecule has 2 heterocycles. The van der Waals surface area contributed by atoms with E-state index >= 15 is 0 Å². The van der Waals surface area contributed by atoms with Crippen LogP contribution in [0.25, 0.3) is 11.0 Å². The van der Waals surface area contributed by atoms with Gasteiger partial charge in [-0.1, -0.05) is 35.9 Å². The molecule has 1 saturated heterocycles. The number of halogens is 1. The first-order valence-corrected chi connectivity index (χ1v) is 8.84. The number of anilines is 1. The van der Waals surface area contributed by atoms with Crippen molar-refractivity contribution in [2.24, 2.45) is 0 Å². The summed E-state index contributed by atoms with van der Waals surface area (Å²) < 4.78 is 2.32. The number of imidazole rings is 1. The van der Waals surface area contributed by atoms with E-state index in [1.165, 1.54) is 11.1 Å². The number of para-hydroxylation sites is 2. The molecule has 3 aromatic rings. The third-order valence-corrected chi connectivity index (χ3v) is 4.76. The fourth-order valence-corrected chi connectivity index (χ4v) is 3.40. The van der Waals surface area contributed by atoms with Gasteiger partial charge >= 0.3 is 0 Å². The minimum Gasteiger partial charge on any atom is -0.341 e. The molecule has 0 radical (unpaired) electrons. The van der Waals surface area contributed by atoms with E-state index in [-0.39, 0.29) is 0 Å². The maximum Gasteiger partial charge on any atom is 0.206 e. The van der Waals surface area contributed by atoms with Crippen LogP contribution in [0, 0.1) is 0 Å². The molecule has 1 fully saturated rings. The maximum absolute atomic E-state index is 6.03. The molecule has 1 N–H and O–H groups in total. The molecule has 124 valence electrons. The summed E-state index contributed by atoms with van der Waals surface area (Å²) >= 11 is 6.03. The SMILES string of the molecule is Clc1ccc(Cn2c(N3CCCNCC3)nc3ccccc32)cc1. The van der Waals surface area contributed by atoms with Gasteiger partial charge in [0.15, 0.2) is 0 Å². The van der Waals surface area contributed by atoms with Gasteiger partial charge in [-0.25, -0.2) is 4.98 Å². The van der Waals surface area contributed by atoms with Crippen molar-refractivity contribution >= 4 is 28.6 Å². The van der Waals surface area contributed by atoms with Crippen molar-refractivity contribution < 1.29 is 0 Å². The monoisotopic (exact) mass is 340 g/mol. The number of nitrogens with zero attached hydrogens (tertiary/aromatic N) is 3. The van der Waals surface area contributed by atoms with Crippen molar-refractivity contribution in [1.29, 1.82) is 0 Å². The van der Waals surface area contributed by atoms with Gasteiger partial charge in [-0.15, -0.1) is 0 Å². The minimum atomic E-state index is 0.771. The highest BCUT2D eigenvalue weighted by molar-refractivity contribution is 6.30. The largest absolute Gasteiger partial charge is 0.341 e. The maximum atomic E-state index is 6.03.